The van der Waals surface area contributed by atoms with E-state index in [-0.39, 0.29) is 0 Å². The molecule has 186 valence electrons. The van der Waals surface area contributed by atoms with Gasteiger partial charge in [-0.3, -0.25) is 4.31 Å². The third-order valence-electron chi connectivity index (χ3n) is 6.96. The minimum absolute atomic E-state index is 0.402. The molecular weight excluding hydrogens is 476 g/mol. The van der Waals surface area contributed by atoms with Gasteiger partial charge in [0.15, 0.2) is 0 Å². The van der Waals surface area contributed by atoms with Crippen molar-refractivity contribution in [3.05, 3.63) is 66.1 Å². The van der Waals surface area contributed by atoms with Gasteiger partial charge in [-0.1, -0.05) is 6.07 Å². The largest absolute Gasteiger partial charge is 0.365 e. The fourth-order valence-corrected chi connectivity index (χ4v) is 5.57. The molecule has 2 N–H and O–H groups in total. The van der Waals surface area contributed by atoms with Crippen LogP contribution in [-0.2, 0) is 23.0 Å². The standard InChI is InChI=1S/C25H28N8O2S/c1-31(36(2,34)35)23-18(4-3-8-27-23)16-32-10-7-17-14-28-25(30-24(17)32)29-20-5-6-22-19(12-20)13-21-15-26-9-11-33(21)22/h3-8,10,12,14,21,26H,9,11,13,15-16H2,1-2H3,(H,28,29,30). The predicted octanol–water partition coefficient (Wildman–Crippen LogP) is 2.35. The van der Waals surface area contributed by atoms with Gasteiger partial charge in [0, 0.05) is 73.6 Å². The summed E-state index contributed by atoms with van der Waals surface area (Å²) < 4.78 is 27.4. The maximum absolute atomic E-state index is 12.1. The maximum Gasteiger partial charge on any atom is 0.233 e. The molecule has 3 aromatic heterocycles. The van der Waals surface area contributed by atoms with E-state index in [0.717, 1.165) is 48.3 Å². The van der Waals surface area contributed by atoms with Crippen LogP contribution in [0, 0.1) is 0 Å². The summed E-state index contributed by atoms with van der Waals surface area (Å²) in [4.78, 5) is 16.1. The van der Waals surface area contributed by atoms with E-state index < -0.39 is 10.0 Å². The van der Waals surface area contributed by atoms with Gasteiger partial charge in [-0.25, -0.2) is 18.4 Å². The third-order valence-corrected chi connectivity index (χ3v) is 8.12. The molecule has 4 aromatic rings. The first-order valence-corrected chi connectivity index (χ1v) is 13.8. The van der Waals surface area contributed by atoms with Crippen LogP contribution in [0.1, 0.15) is 11.1 Å². The quantitative estimate of drug-likeness (QED) is 0.412. The molecule has 1 saturated heterocycles. The Hall–Kier alpha value is -3.70. The Balaban J connectivity index is 1.27. The Morgan fingerprint density at radius 3 is 2.97 bits per heavy atom. The number of aromatic nitrogens is 4. The highest BCUT2D eigenvalue weighted by molar-refractivity contribution is 7.92. The van der Waals surface area contributed by atoms with Gasteiger partial charge in [0.05, 0.1) is 12.8 Å². The van der Waals surface area contributed by atoms with Crippen molar-refractivity contribution in [1.82, 2.24) is 24.8 Å². The first-order valence-electron chi connectivity index (χ1n) is 11.9. The van der Waals surface area contributed by atoms with Crippen LogP contribution < -0.4 is 19.8 Å². The molecule has 0 amide bonds. The van der Waals surface area contributed by atoms with Gasteiger partial charge < -0.3 is 20.1 Å². The van der Waals surface area contributed by atoms with E-state index in [1.54, 1.807) is 18.5 Å². The van der Waals surface area contributed by atoms with E-state index in [1.807, 2.05) is 22.9 Å². The van der Waals surface area contributed by atoms with Crippen LogP contribution in [0.25, 0.3) is 11.0 Å². The lowest BCUT2D eigenvalue weighted by Gasteiger charge is -2.32. The Morgan fingerprint density at radius 1 is 1.22 bits per heavy atom. The molecule has 0 aliphatic carbocycles. The van der Waals surface area contributed by atoms with Crippen molar-refractivity contribution in [2.24, 2.45) is 0 Å². The molecule has 2 aliphatic heterocycles. The molecule has 0 spiro atoms. The zero-order valence-corrected chi connectivity index (χ0v) is 21.0. The molecule has 1 unspecified atom stereocenters. The highest BCUT2D eigenvalue weighted by Crippen LogP contribution is 2.35. The van der Waals surface area contributed by atoms with Gasteiger partial charge in [-0.15, -0.1) is 0 Å². The summed E-state index contributed by atoms with van der Waals surface area (Å²) in [6.45, 7) is 3.51. The molecule has 6 rings (SSSR count). The summed E-state index contributed by atoms with van der Waals surface area (Å²) in [5.41, 5.74) is 5.17. The summed E-state index contributed by atoms with van der Waals surface area (Å²) in [6, 6.07) is 12.6. The van der Waals surface area contributed by atoms with Gasteiger partial charge in [0.25, 0.3) is 0 Å². The van der Waals surface area contributed by atoms with Crippen LogP contribution >= 0.6 is 0 Å². The van der Waals surface area contributed by atoms with Crippen molar-refractivity contribution in [2.45, 2.75) is 19.0 Å². The number of rotatable bonds is 6. The molecule has 36 heavy (non-hydrogen) atoms. The molecule has 1 fully saturated rings. The predicted molar refractivity (Wildman–Crippen MR) is 142 cm³/mol. The van der Waals surface area contributed by atoms with Crippen LogP contribution in [0.5, 0.6) is 0 Å². The van der Waals surface area contributed by atoms with Crippen LogP contribution in [0.2, 0.25) is 0 Å². The second kappa shape index (κ2) is 8.75. The number of hydrogen-bond donors (Lipinski definition) is 2. The zero-order valence-electron chi connectivity index (χ0n) is 20.2. The second-order valence-corrected chi connectivity index (χ2v) is 11.4. The molecule has 11 heteroatoms. The molecule has 1 aromatic carbocycles. The van der Waals surface area contributed by atoms with Crippen molar-refractivity contribution < 1.29 is 8.42 Å². The number of nitrogens with one attached hydrogen (secondary N) is 2. The summed E-state index contributed by atoms with van der Waals surface area (Å²) in [7, 11) is -1.92. The summed E-state index contributed by atoms with van der Waals surface area (Å²) in [6.07, 6.45) is 7.53. The van der Waals surface area contributed by atoms with E-state index >= 15 is 0 Å². The molecule has 10 nitrogen and oxygen atoms in total. The highest BCUT2D eigenvalue weighted by Gasteiger charge is 2.31. The summed E-state index contributed by atoms with van der Waals surface area (Å²) >= 11 is 0. The van der Waals surface area contributed by atoms with Crippen LogP contribution in [0.15, 0.2) is 55.0 Å². The smallest absolute Gasteiger partial charge is 0.233 e. The van der Waals surface area contributed by atoms with Crippen molar-refractivity contribution in [2.75, 3.05) is 47.5 Å². The van der Waals surface area contributed by atoms with E-state index in [9.17, 15) is 8.42 Å². The number of piperazine rings is 1. The van der Waals surface area contributed by atoms with E-state index in [2.05, 4.69) is 43.7 Å². The molecule has 0 bridgehead atoms. The topological polar surface area (TPSA) is 108 Å². The van der Waals surface area contributed by atoms with Gasteiger partial charge in [-0.2, -0.15) is 4.98 Å². The third kappa shape index (κ3) is 4.14. The number of hydrogen-bond acceptors (Lipinski definition) is 8. The lowest BCUT2D eigenvalue weighted by Crippen LogP contribution is -2.49. The molecule has 5 heterocycles. The average molecular weight is 505 g/mol. The van der Waals surface area contributed by atoms with E-state index in [1.165, 1.54) is 28.9 Å². The Morgan fingerprint density at radius 2 is 2.11 bits per heavy atom. The number of anilines is 4. The molecule has 2 aliphatic rings. The monoisotopic (exact) mass is 504 g/mol. The fourth-order valence-electron chi connectivity index (χ4n) is 5.09. The summed E-state index contributed by atoms with van der Waals surface area (Å²) in [5.74, 6) is 0.915. The van der Waals surface area contributed by atoms with Crippen LogP contribution in [0.3, 0.4) is 0 Å². The fraction of sp³-hybridized carbons (Fsp3) is 0.320. The number of pyridine rings is 1. The number of benzene rings is 1. The zero-order chi connectivity index (χ0) is 24.9. The number of fused-ring (bicyclic) bond motifs is 4. The average Bonchev–Trinajstić information content (AvgIpc) is 3.44. The van der Waals surface area contributed by atoms with Gasteiger partial charge in [0.2, 0.25) is 16.0 Å². The van der Waals surface area contributed by atoms with Crippen LogP contribution in [-0.4, -0.2) is 66.9 Å². The minimum atomic E-state index is -3.43. The Bertz CT molecular complexity index is 1550. The Labute approximate surface area is 210 Å². The molecule has 0 saturated carbocycles. The first kappa shape index (κ1) is 22.7. The van der Waals surface area contributed by atoms with Gasteiger partial charge >= 0.3 is 0 Å². The van der Waals surface area contributed by atoms with Crippen molar-refractivity contribution in [3.63, 3.8) is 0 Å². The number of nitrogens with zero attached hydrogens (tertiary/aromatic N) is 6. The minimum Gasteiger partial charge on any atom is -0.365 e. The molecular formula is C25H28N8O2S. The Kier molecular flexibility index (Phi) is 5.53. The van der Waals surface area contributed by atoms with Gasteiger partial charge in [0.1, 0.15) is 11.5 Å². The highest BCUT2D eigenvalue weighted by atomic mass is 32.2. The van der Waals surface area contributed by atoms with Crippen LogP contribution in [0.4, 0.5) is 23.1 Å². The normalized spacial score (nSPS) is 17.2. The lowest BCUT2D eigenvalue weighted by atomic mass is 10.1. The van der Waals surface area contributed by atoms with Crippen molar-refractivity contribution >= 4 is 44.2 Å². The molecule has 0 radical (unpaired) electrons. The molecule has 1 atom stereocenters. The van der Waals surface area contributed by atoms with E-state index in [0.29, 0.717) is 24.4 Å². The van der Waals surface area contributed by atoms with Crippen molar-refractivity contribution in [3.8, 4) is 0 Å². The van der Waals surface area contributed by atoms with E-state index in [4.69, 9.17) is 4.98 Å². The second-order valence-electron chi connectivity index (χ2n) is 9.36. The SMILES string of the molecule is CN(c1ncccc1Cn1ccc2cnc(Nc3ccc4c(c3)CC3CNCCN43)nc21)S(C)(=O)=O. The maximum atomic E-state index is 12.1. The first-order chi connectivity index (χ1) is 17.4. The summed E-state index contributed by atoms with van der Waals surface area (Å²) in [5, 5.41) is 7.75. The van der Waals surface area contributed by atoms with Gasteiger partial charge in [-0.05, 0) is 42.3 Å². The lowest BCUT2D eigenvalue weighted by molar-refractivity contribution is 0.495. The van der Waals surface area contributed by atoms with Crippen molar-refractivity contribution in [1.29, 1.82) is 0 Å². The number of sulfonamides is 1.